The summed E-state index contributed by atoms with van der Waals surface area (Å²) in [5.41, 5.74) is 2.02. The van der Waals surface area contributed by atoms with Gasteiger partial charge in [0.05, 0.1) is 5.69 Å². The standard InChI is InChI=1S/C17H23FN2S/c1-12(2)4-5-13(3)19-10-16-11-21-17(20-16)14-6-8-15(18)9-7-14/h6-9,11-13,19H,4-5,10H2,1-3H3. The number of rotatable bonds is 7. The van der Waals surface area contributed by atoms with Crippen molar-refractivity contribution in [2.45, 2.75) is 46.2 Å². The maximum absolute atomic E-state index is 12.9. The van der Waals surface area contributed by atoms with Crippen LogP contribution in [0.3, 0.4) is 0 Å². The molecule has 0 radical (unpaired) electrons. The molecule has 2 rings (SSSR count). The van der Waals surface area contributed by atoms with Crippen molar-refractivity contribution in [2.75, 3.05) is 0 Å². The molecule has 4 heteroatoms. The first-order valence-electron chi connectivity index (χ1n) is 7.48. The van der Waals surface area contributed by atoms with Crippen molar-refractivity contribution in [2.24, 2.45) is 5.92 Å². The summed E-state index contributed by atoms with van der Waals surface area (Å²) in [5.74, 6) is 0.537. The van der Waals surface area contributed by atoms with E-state index in [1.54, 1.807) is 23.5 Å². The molecule has 0 aliphatic rings. The SMILES string of the molecule is CC(C)CCC(C)NCc1csc(-c2ccc(F)cc2)n1. The lowest BCUT2D eigenvalue weighted by Crippen LogP contribution is -2.25. The molecule has 0 aliphatic heterocycles. The van der Waals surface area contributed by atoms with Crippen LogP contribution < -0.4 is 5.32 Å². The molecule has 1 aromatic carbocycles. The van der Waals surface area contributed by atoms with Crippen LogP contribution in [0, 0.1) is 11.7 Å². The number of benzene rings is 1. The average Bonchev–Trinajstić information content (AvgIpc) is 2.92. The number of aromatic nitrogens is 1. The summed E-state index contributed by atoms with van der Waals surface area (Å²) in [6.45, 7) is 7.51. The van der Waals surface area contributed by atoms with Gasteiger partial charge < -0.3 is 5.32 Å². The second-order valence-corrected chi connectivity index (χ2v) is 6.76. The van der Waals surface area contributed by atoms with E-state index in [4.69, 9.17) is 0 Å². The van der Waals surface area contributed by atoms with Crippen molar-refractivity contribution in [1.82, 2.24) is 10.3 Å². The van der Waals surface area contributed by atoms with Crippen LogP contribution in [-0.4, -0.2) is 11.0 Å². The summed E-state index contributed by atoms with van der Waals surface area (Å²) in [4.78, 5) is 4.61. The summed E-state index contributed by atoms with van der Waals surface area (Å²) in [7, 11) is 0. The summed E-state index contributed by atoms with van der Waals surface area (Å²) < 4.78 is 12.9. The summed E-state index contributed by atoms with van der Waals surface area (Å²) >= 11 is 1.60. The van der Waals surface area contributed by atoms with Crippen LogP contribution in [0.25, 0.3) is 10.6 Å². The zero-order valence-electron chi connectivity index (χ0n) is 12.9. The monoisotopic (exact) mass is 306 g/mol. The van der Waals surface area contributed by atoms with Crippen LogP contribution >= 0.6 is 11.3 Å². The van der Waals surface area contributed by atoms with E-state index in [0.717, 1.165) is 28.7 Å². The Bertz CT molecular complexity index is 548. The molecule has 0 amide bonds. The molecule has 1 N–H and O–H groups in total. The number of nitrogens with zero attached hydrogens (tertiary/aromatic N) is 1. The zero-order chi connectivity index (χ0) is 15.2. The summed E-state index contributed by atoms with van der Waals surface area (Å²) in [6, 6.07) is 7.00. The van der Waals surface area contributed by atoms with Crippen molar-refractivity contribution in [3.05, 3.63) is 41.2 Å². The number of hydrogen-bond acceptors (Lipinski definition) is 3. The van der Waals surface area contributed by atoms with Crippen LogP contribution in [-0.2, 0) is 6.54 Å². The second kappa shape index (κ2) is 7.66. The highest BCUT2D eigenvalue weighted by molar-refractivity contribution is 7.13. The van der Waals surface area contributed by atoms with E-state index in [1.165, 1.54) is 25.0 Å². The fourth-order valence-electron chi connectivity index (χ4n) is 2.08. The maximum atomic E-state index is 12.9. The van der Waals surface area contributed by atoms with Crippen molar-refractivity contribution in [3.63, 3.8) is 0 Å². The fourth-order valence-corrected chi connectivity index (χ4v) is 2.90. The first-order chi connectivity index (χ1) is 10.0. The topological polar surface area (TPSA) is 24.9 Å². The van der Waals surface area contributed by atoms with Gasteiger partial charge in [-0.25, -0.2) is 9.37 Å². The van der Waals surface area contributed by atoms with Crippen molar-refractivity contribution >= 4 is 11.3 Å². The van der Waals surface area contributed by atoms with Gasteiger partial charge in [0.15, 0.2) is 0 Å². The molecular weight excluding hydrogens is 283 g/mol. The lowest BCUT2D eigenvalue weighted by molar-refractivity contribution is 0.449. The van der Waals surface area contributed by atoms with E-state index in [1.807, 2.05) is 0 Å². The molecule has 0 saturated heterocycles. The smallest absolute Gasteiger partial charge is 0.123 e. The van der Waals surface area contributed by atoms with Gasteiger partial charge in [0.2, 0.25) is 0 Å². The number of halogens is 1. The molecule has 114 valence electrons. The number of thiazole rings is 1. The zero-order valence-corrected chi connectivity index (χ0v) is 13.7. The van der Waals surface area contributed by atoms with Gasteiger partial charge in [0.25, 0.3) is 0 Å². The minimum absolute atomic E-state index is 0.212. The third-order valence-corrected chi connectivity index (χ3v) is 4.39. The Hall–Kier alpha value is -1.26. The van der Waals surface area contributed by atoms with Gasteiger partial charge >= 0.3 is 0 Å². The largest absolute Gasteiger partial charge is 0.309 e. The number of hydrogen-bond donors (Lipinski definition) is 1. The Labute approximate surface area is 130 Å². The van der Waals surface area contributed by atoms with Crippen LogP contribution in [0.1, 0.15) is 39.3 Å². The average molecular weight is 306 g/mol. The van der Waals surface area contributed by atoms with E-state index < -0.39 is 0 Å². The Kier molecular flexibility index (Phi) is 5.88. The van der Waals surface area contributed by atoms with E-state index in [0.29, 0.717) is 6.04 Å². The molecule has 1 unspecified atom stereocenters. The Morgan fingerprint density at radius 1 is 1.14 bits per heavy atom. The minimum Gasteiger partial charge on any atom is -0.309 e. The molecule has 0 bridgehead atoms. The highest BCUT2D eigenvalue weighted by Crippen LogP contribution is 2.23. The van der Waals surface area contributed by atoms with Crippen molar-refractivity contribution in [3.8, 4) is 10.6 Å². The van der Waals surface area contributed by atoms with Gasteiger partial charge in [-0.15, -0.1) is 11.3 Å². The number of nitrogens with one attached hydrogen (secondary N) is 1. The molecule has 2 aromatic rings. The molecule has 21 heavy (non-hydrogen) atoms. The van der Waals surface area contributed by atoms with Gasteiger partial charge in [-0.1, -0.05) is 13.8 Å². The Morgan fingerprint density at radius 3 is 2.52 bits per heavy atom. The Morgan fingerprint density at radius 2 is 1.86 bits per heavy atom. The first kappa shape index (κ1) is 16.1. The van der Waals surface area contributed by atoms with Crippen LogP contribution in [0.2, 0.25) is 0 Å². The first-order valence-corrected chi connectivity index (χ1v) is 8.36. The van der Waals surface area contributed by atoms with Crippen LogP contribution in [0.15, 0.2) is 29.6 Å². The molecule has 0 saturated carbocycles. The fraction of sp³-hybridized carbons (Fsp3) is 0.471. The molecule has 0 fully saturated rings. The van der Waals surface area contributed by atoms with Crippen molar-refractivity contribution < 1.29 is 4.39 Å². The third-order valence-electron chi connectivity index (χ3n) is 3.45. The molecular formula is C17H23FN2S. The molecule has 0 aliphatic carbocycles. The predicted octanol–water partition coefficient (Wildman–Crippen LogP) is 4.86. The highest BCUT2D eigenvalue weighted by Gasteiger charge is 2.07. The molecule has 1 heterocycles. The third kappa shape index (κ3) is 5.21. The minimum atomic E-state index is -0.212. The van der Waals surface area contributed by atoms with Gasteiger partial charge in [-0.3, -0.25) is 0 Å². The predicted molar refractivity (Wildman–Crippen MR) is 87.9 cm³/mol. The van der Waals surface area contributed by atoms with Gasteiger partial charge in [0.1, 0.15) is 10.8 Å². The Balaban J connectivity index is 1.87. The highest BCUT2D eigenvalue weighted by atomic mass is 32.1. The molecule has 1 atom stereocenters. The lowest BCUT2D eigenvalue weighted by atomic mass is 10.0. The van der Waals surface area contributed by atoms with E-state index in [9.17, 15) is 4.39 Å². The second-order valence-electron chi connectivity index (χ2n) is 5.90. The normalized spacial score (nSPS) is 12.8. The van der Waals surface area contributed by atoms with E-state index in [2.05, 4.69) is 36.5 Å². The van der Waals surface area contributed by atoms with E-state index in [-0.39, 0.29) is 5.82 Å². The molecule has 2 nitrogen and oxygen atoms in total. The van der Waals surface area contributed by atoms with Crippen LogP contribution in [0.4, 0.5) is 4.39 Å². The lowest BCUT2D eigenvalue weighted by Gasteiger charge is -2.14. The summed E-state index contributed by atoms with van der Waals surface area (Å²) in [6.07, 6.45) is 2.43. The van der Waals surface area contributed by atoms with Gasteiger partial charge in [-0.2, -0.15) is 0 Å². The van der Waals surface area contributed by atoms with E-state index >= 15 is 0 Å². The summed E-state index contributed by atoms with van der Waals surface area (Å²) in [5, 5.41) is 6.53. The maximum Gasteiger partial charge on any atom is 0.123 e. The quantitative estimate of drug-likeness (QED) is 0.790. The van der Waals surface area contributed by atoms with Crippen molar-refractivity contribution in [1.29, 1.82) is 0 Å². The molecule has 0 spiro atoms. The molecule has 1 aromatic heterocycles. The van der Waals surface area contributed by atoms with Gasteiger partial charge in [-0.05, 0) is 49.9 Å². The van der Waals surface area contributed by atoms with Crippen LogP contribution in [0.5, 0.6) is 0 Å². The van der Waals surface area contributed by atoms with Gasteiger partial charge in [0, 0.05) is 23.5 Å².